The largest absolute Gasteiger partial charge is 0.396 e. The number of hydrogen-bond acceptors (Lipinski definition) is 3. The van der Waals surface area contributed by atoms with Crippen molar-refractivity contribution >= 4 is 17.3 Å². The molecule has 104 valence electrons. The Morgan fingerprint density at radius 1 is 1.10 bits per heavy atom. The molecule has 1 N–H and O–H groups in total. The van der Waals surface area contributed by atoms with Crippen molar-refractivity contribution < 1.29 is 9.94 Å². The van der Waals surface area contributed by atoms with Crippen molar-refractivity contribution in [2.24, 2.45) is 5.92 Å². The number of aliphatic hydroxyl groups is 1. The third-order valence-corrected chi connectivity index (χ3v) is 3.84. The highest BCUT2D eigenvalue weighted by Crippen LogP contribution is 2.38. The molecule has 0 saturated carbocycles. The Hall–Kier alpha value is -1.55. The van der Waals surface area contributed by atoms with E-state index in [1.54, 1.807) is 0 Å². The standard InChI is InChI=1S/C16H16ClNO2/c17-14-6-8-15(9-7-14)18-16(13(10-19)11-20-18)12-4-2-1-3-5-12/h1-9,13,16,19H,10-11H2. The Balaban J connectivity index is 1.95. The van der Waals surface area contributed by atoms with Gasteiger partial charge in [0.25, 0.3) is 0 Å². The smallest absolute Gasteiger partial charge is 0.0888 e. The van der Waals surface area contributed by atoms with Crippen LogP contribution in [0.2, 0.25) is 5.02 Å². The third-order valence-electron chi connectivity index (χ3n) is 3.58. The van der Waals surface area contributed by atoms with E-state index >= 15 is 0 Å². The van der Waals surface area contributed by atoms with Crippen LogP contribution in [0, 0.1) is 5.92 Å². The van der Waals surface area contributed by atoms with Crippen molar-refractivity contribution in [2.45, 2.75) is 6.04 Å². The van der Waals surface area contributed by atoms with Gasteiger partial charge in [-0.2, -0.15) is 0 Å². The van der Waals surface area contributed by atoms with E-state index in [-0.39, 0.29) is 18.6 Å². The predicted octanol–water partition coefficient (Wildman–Crippen LogP) is 3.44. The first kappa shape index (κ1) is 13.4. The van der Waals surface area contributed by atoms with Crippen molar-refractivity contribution in [3.63, 3.8) is 0 Å². The van der Waals surface area contributed by atoms with Gasteiger partial charge >= 0.3 is 0 Å². The zero-order valence-corrected chi connectivity index (χ0v) is 11.7. The lowest BCUT2D eigenvalue weighted by Gasteiger charge is -2.27. The summed E-state index contributed by atoms with van der Waals surface area (Å²) in [6.07, 6.45) is 0. The highest BCUT2D eigenvalue weighted by Gasteiger charge is 2.36. The molecule has 4 heteroatoms. The molecule has 3 rings (SSSR count). The predicted molar refractivity (Wildman–Crippen MR) is 79.6 cm³/mol. The molecule has 2 unspecified atom stereocenters. The fourth-order valence-electron chi connectivity index (χ4n) is 2.57. The molecule has 0 spiro atoms. The first-order chi connectivity index (χ1) is 9.79. The Labute approximate surface area is 123 Å². The molecular formula is C16H16ClNO2. The van der Waals surface area contributed by atoms with Crippen molar-refractivity contribution in [3.05, 3.63) is 65.2 Å². The maximum atomic E-state index is 9.58. The lowest BCUT2D eigenvalue weighted by Crippen LogP contribution is -2.25. The van der Waals surface area contributed by atoms with Gasteiger partial charge in [-0.05, 0) is 29.8 Å². The Bertz CT molecular complexity index is 558. The van der Waals surface area contributed by atoms with Crippen LogP contribution in [-0.4, -0.2) is 18.3 Å². The third kappa shape index (κ3) is 2.52. The van der Waals surface area contributed by atoms with E-state index in [4.69, 9.17) is 16.4 Å². The second kappa shape index (κ2) is 5.83. The molecule has 1 aliphatic rings. The zero-order valence-electron chi connectivity index (χ0n) is 10.9. The van der Waals surface area contributed by atoms with Crippen LogP contribution < -0.4 is 5.06 Å². The first-order valence-electron chi connectivity index (χ1n) is 6.63. The normalized spacial score (nSPS) is 22.2. The fraction of sp³-hybridized carbons (Fsp3) is 0.250. The summed E-state index contributed by atoms with van der Waals surface area (Å²) in [4.78, 5) is 5.78. The van der Waals surface area contributed by atoms with Gasteiger partial charge in [-0.1, -0.05) is 41.9 Å². The second-order valence-electron chi connectivity index (χ2n) is 4.90. The van der Waals surface area contributed by atoms with Gasteiger partial charge in [-0.25, -0.2) is 5.06 Å². The van der Waals surface area contributed by atoms with Crippen molar-refractivity contribution in [1.82, 2.24) is 0 Å². The molecule has 2 aromatic rings. The van der Waals surface area contributed by atoms with E-state index in [0.29, 0.717) is 11.6 Å². The number of anilines is 1. The molecule has 2 aromatic carbocycles. The van der Waals surface area contributed by atoms with Gasteiger partial charge in [0.1, 0.15) is 0 Å². The second-order valence-corrected chi connectivity index (χ2v) is 5.33. The molecule has 0 bridgehead atoms. The van der Waals surface area contributed by atoms with Crippen LogP contribution in [0.3, 0.4) is 0 Å². The molecule has 0 aromatic heterocycles. The average molecular weight is 290 g/mol. The molecule has 20 heavy (non-hydrogen) atoms. The fourth-order valence-corrected chi connectivity index (χ4v) is 2.70. The minimum absolute atomic E-state index is 0.0161. The minimum atomic E-state index is 0.0161. The van der Waals surface area contributed by atoms with E-state index in [0.717, 1.165) is 11.3 Å². The molecule has 0 aliphatic carbocycles. The van der Waals surface area contributed by atoms with Crippen LogP contribution in [0.4, 0.5) is 5.69 Å². The van der Waals surface area contributed by atoms with Gasteiger partial charge in [0, 0.05) is 10.9 Å². The number of nitrogens with zero attached hydrogens (tertiary/aromatic N) is 1. The SMILES string of the molecule is OCC1CON(c2ccc(Cl)cc2)C1c1ccccc1. The summed E-state index contributed by atoms with van der Waals surface area (Å²) in [7, 11) is 0. The van der Waals surface area contributed by atoms with E-state index in [1.165, 1.54) is 0 Å². The molecule has 1 aliphatic heterocycles. The Morgan fingerprint density at radius 3 is 2.45 bits per heavy atom. The van der Waals surface area contributed by atoms with E-state index < -0.39 is 0 Å². The Morgan fingerprint density at radius 2 is 1.80 bits per heavy atom. The summed E-state index contributed by atoms with van der Waals surface area (Å²) in [5.74, 6) is 0.0630. The number of halogens is 1. The zero-order chi connectivity index (χ0) is 13.9. The van der Waals surface area contributed by atoms with E-state index in [2.05, 4.69) is 12.1 Å². The van der Waals surface area contributed by atoms with Crippen molar-refractivity contribution in [2.75, 3.05) is 18.3 Å². The first-order valence-corrected chi connectivity index (χ1v) is 7.01. The highest BCUT2D eigenvalue weighted by atomic mass is 35.5. The monoisotopic (exact) mass is 289 g/mol. The van der Waals surface area contributed by atoms with Crippen molar-refractivity contribution in [1.29, 1.82) is 0 Å². The number of rotatable bonds is 3. The van der Waals surface area contributed by atoms with Gasteiger partial charge in [0.15, 0.2) is 0 Å². The van der Waals surface area contributed by atoms with Crippen LogP contribution in [0.25, 0.3) is 0 Å². The molecule has 0 radical (unpaired) electrons. The van der Waals surface area contributed by atoms with Gasteiger partial charge < -0.3 is 5.11 Å². The van der Waals surface area contributed by atoms with Gasteiger partial charge in [-0.15, -0.1) is 0 Å². The molecule has 3 nitrogen and oxygen atoms in total. The summed E-state index contributed by atoms with van der Waals surface area (Å²) in [6, 6.07) is 17.7. The van der Waals surface area contributed by atoms with E-state index in [9.17, 15) is 5.11 Å². The maximum Gasteiger partial charge on any atom is 0.0888 e. The van der Waals surface area contributed by atoms with Crippen LogP contribution in [-0.2, 0) is 4.84 Å². The van der Waals surface area contributed by atoms with Crippen LogP contribution in [0.1, 0.15) is 11.6 Å². The van der Waals surface area contributed by atoms with Crippen LogP contribution >= 0.6 is 11.6 Å². The maximum absolute atomic E-state index is 9.58. The molecule has 1 heterocycles. The lowest BCUT2D eigenvalue weighted by atomic mass is 9.94. The summed E-state index contributed by atoms with van der Waals surface area (Å²) in [6.45, 7) is 0.613. The molecule has 1 saturated heterocycles. The van der Waals surface area contributed by atoms with Gasteiger partial charge in [-0.3, -0.25) is 4.84 Å². The minimum Gasteiger partial charge on any atom is -0.396 e. The molecule has 2 atom stereocenters. The summed E-state index contributed by atoms with van der Waals surface area (Å²) >= 11 is 5.93. The molecular weight excluding hydrogens is 274 g/mol. The van der Waals surface area contributed by atoms with E-state index in [1.807, 2.05) is 47.5 Å². The average Bonchev–Trinajstić information content (AvgIpc) is 2.93. The number of hydrogen-bond donors (Lipinski definition) is 1. The van der Waals surface area contributed by atoms with Crippen LogP contribution in [0.15, 0.2) is 54.6 Å². The number of benzene rings is 2. The lowest BCUT2D eigenvalue weighted by molar-refractivity contribution is 0.141. The van der Waals surface area contributed by atoms with Gasteiger partial charge in [0.05, 0.1) is 24.9 Å². The topological polar surface area (TPSA) is 32.7 Å². The summed E-state index contributed by atoms with van der Waals surface area (Å²) in [5, 5.41) is 12.1. The number of aliphatic hydroxyl groups excluding tert-OH is 1. The number of hydroxylamine groups is 1. The molecule has 0 amide bonds. The summed E-state index contributed by atoms with van der Waals surface area (Å²) in [5.41, 5.74) is 2.08. The van der Waals surface area contributed by atoms with Gasteiger partial charge in [0.2, 0.25) is 0 Å². The van der Waals surface area contributed by atoms with Crippen molar-refractivity contribution in [3.8, 4) is 0 Å². The Kier molecular flexibility index (Phi) is 3.92. The summed E-state index contributed by atoms with van der Waals surface area (Å²) < 4.78 is 0. The quantitative estimate of drug-likeness (QED) is 0.939. The molecule has 1 fully saturated rings. The highest BCUT2D eigenvalue weighted by molar-refractivity contribution is 6.30. The van der Waals surface area contributed by atoms with Crippen LogP contribution in [0.5, 0.6) is 0 Å².